The Kier molecular flexibility index (Phi) is 7.16. The quantitative estimate of drug-likeness (QED) is 0.577. The molecule has 0 saturated carbocycles. The summed E-state index contributed by atoms with van der Waals surface area (Å²) < 4.78 is 0. The first-order valence-electron chi connectivity index (χ1n) is 5.38. The van der Waals surface area contributed by atoms with Crippen LogP contribution in [0.5, 0.6) is 0 Å². The lowest BCUT2D eigenvalue weighted by Crippen LogP contribution is -2.21. The van der Waals surface area contributed by atoms with Gasteiger partial charge in [-0.1, -0.05) is 0 Å². The number of nitrogens with one attached hydrogen (secondary N) is 2. The minimum Gasteiger partial charge on any atom is -0.315 e. The largest absolute Gasteiger partial charge is 0.315 e. The zero-order valence-corrected chi connectivity index (χ0v) is 8.71. The second-order valence-electron chi connectivity index (χ2n) is 3.25. The molecule has 14 heavy (non-hydrogen) atoms. The van der Waals surface area contributed by atoms with Crippen molar-refractivity contribution in [3.63, 3.8) is 0 Å². The van der Waals surface area contributed by atoms with Crippen LogP contribution in [-0.2, 0) is 0 Å². The van der Waals surface area contributed by atoms with E-state index in [2.05, 4.69) is 20.6 Å². The second-order valence-corrected chi connectivity index (χ2v) is 3.25. The Labute approximate surface area is 85.9 Å². The van der Waals surface area contributed by atoms with E-state index in [1.807, 2.05) is 12.4 Å². The van der Waals surface area contributed by atoms with Crippen molar-refractivity contribution >= 4 is 12.4 Å². The fraction of sp³-hybridized carbons (Fsp3) is 0.800. The Morgan fingerprint density at radius 2 is 1.21 bits per heavy atom. The third-order valence-electron chi connectivity index (χ3n) is 1.99. The summed E-state index contributed by atoms with van der Waals surface area (Å²) in [6, 6.07) is 0. The van der Waals surface area contributed by atoms with Gasteiger partial charge in [-0.3, -0.25) is 9.98 Å². The average molecular weight is 196 g/mol. The van der Waals surface area contributed by atoms with Gasteiger partial charge in [0.1, 0.15) is 0 Å². The van der Waals surface area contributed by atoms with Crippen molar-refractivity contribution in [1.82, 2.24) is 10.6 Å². The first-order valence-corrected chi connectivity index (χ1v) is 5.38. The monoisotopic (exact) mass is 196 g/mol. The molecule has 4 nitrogen and oxygen atoms in total. The van der Waals surface area contributed by atoms with Crippen molar-refractivity contribution in [2.75, 3.05) is 39.3 Å². The number of hydrogen-bond donors (Lipinski definition) is 2. The van der Waals surface area contributed by atoms with E-state index in [1.165, 1.54) is 0 Å². The van der Waals surface area contributed by atoms with Crippen LogP contribution in [0, 0.1) is 0 Å². The summed E-state index contributed by atoms with van der Waals surface area (Å²) >= 11 is 0. The van der Waals surface area contributed by atoms with Gasteiger partial charge in [0, 0.05) is 26.2 Å². The SMILES string of the molecule is C1=NCCNCCC=NCCNCC1. The van der Waals surface area contributed by atoms with E-state index in [9.17, 15) is 0 Å². The zero-order valence-electron chi connectivity index (χ0n) is 8.71. The summed E-state index contributed by atoms with van der Waals surface area (Å²) in [5.41, 5.74) is 0. The van der Waals surface area contributed by atoms with Crippen LogP contribution < -0.4 is 10.6 Å². The Hall–Kier alpha value is -0.740. The van der Waals surface area contributed by atoms with Gasteiger partial charge in [-0.15, -0.1) is 0 Å². The van der Waals surface area contributed by atoms with Gasteiger partial charge in [-0.25, -0.2) is 0 Å². The molecule has 1 rings (SSSR count). The molecule has 4 heteroatoms. The minimum atomic E-state index is 0.886. The predicted molar refractivity (Wildman–Crippen MR) is 61.7 cm³/mol. The highest BCUT2D eigenvalue weighted by Gasteiger charge is 1.87. The molecule has 0 aromatic rings. The van der Waals surface area contributed by atoms with Crippen molar-refractivity contribution in [2.45, 2.75) is 12.8 Å². The Bertz CT molecular complexity index is 141. The molecule has 2 N–H and O–H groups in total. The van der Waals surface area contributed by atoms with Crippen LogP contribution in [0.25, 0.3) is 0 Å². The van der Waals surface area contributed by atoms with Crippen molar-refractivity contribution in [3.05, 3.63) is 0 Å². The summed E-state index contributed by atoms with van der Waals surface area (Å²) in [7, 11) is 0. The van der Waals surface area contributed by atoms with Crippen molar-refractivity contribution in [3.8, 4) is 0 Å². The summed E-state index contributed by atoms with van der Waals surface area (Å²) in [6.07, 6.45) is 6.04. The molecule has 0 radical (unpaired) electrons. The minimum absolute atomic E-state index is 0.886. The Morgan fingerprint density at radius 1 is 0.714 bits per heavy atom. The van der Waals surface area contributed by atoms with Gasteiger partial charge in [0.15, 0.2) is 0 Å². The van der Waals surface area contributed by atoms with E-state index in [4.69, 9.17) is 0 Å². The molecule has 0 saturated heterocycles. The first kappa shape index (κ1) is 11.3. The molecule has 0 bridgehead atoms. The molecule has 0 aromatic heterocycles. The van der Waals surface area contributed by atoms with Crippen LogP contribution in [0.2, 0.25) is 0 Å². The molecule has 80 valence electrons. The van der Waals surface area contributed by atoms with E-state index < -0.39 is 0 Å². The van der Waals surface area contributed by atoms with Gasteiger partial charge >= 0.3 is 0 Å². The highest BCUT2D eigenvalue weighted by atomic mass is 14.9. The van der Waals surface area contributed by atoms with Crippen molar-refractivity contribution in [2.24, 2.45) is 9.98 Å². The first-order chi connectivity index (χ1) is 7.00. The molecular weight excluding hydrogens is 176 g/mol. The van der Waals surface area contributed by atoms with Gasteiger partial charge in [0.05, 0.1) is 13.1 Å². The lowest BCUT2D eigenvalue weighted by atomic mass is 10.4. The zero-order chi connectivity index (χ0) is 9.90. The summed E-state index contributed by atoms with van der Waals surface area (Å²) in [5.74, 6) is 0. The predicted octanol–water partition coefficient (Wildman–Crippen LogP) is 0.101. The van der Waals surface area contributed by atoms with Gasteiger partial charge in [-0.2, -0.15) is 0 Å². The molecular formula is C10H20N4. The molecule has 0 aromatic carbocycles. The average Bonchev–Trinajstić information content (AvgIpc) is 2.22. The van der Waals surface area contributed by atoms with Gasteiger partial charge in [0.2, 0.25) is 0 Å². The van der Waals surface area contributed by atoms with Crippen LogP contribution in [0.4, 0.5) is 0 Å². The van der Waals surface area contributed by atoms with Crippen molar-refractivity contribution < 1.29 is 0 Å². The highest BCUT2D eigenvalue weighted by Crippen LogP contribution is 1.78. The van der Waals surface area contributed by atoms with Crippen LogP contribution in [0.15, 0.2) is 9.98 Å². The standard InChI is InChI=1S/C10H20N4/c1-3-11-7-9-13-5-2-6-14-10-8-12-4-1/h3,6,12-13H,1-2,4-5,7-10H2. The number of nitrogens with zero attached hydrogens (tertiary/aromatic N) is 2. The molecule has 0 spiro atoms. The maximum atomic E-state index is 4.30. The van der Waals surface area contributed by atoms with Crippen LogP contribution in [-0.4, -0.2) is 51.7 Å². The Morgan fingerprint density at radius 3 is 1.71 bits per heavy atom. The van der Waals surface area contributed by atoms with Gasteiger partial charge in [-0.05, 0) is 25.3 Å². The lowest BCUT2D eigenvalue weighted by Gasteiger charge is -2.02. The fourth-order valence-corrected chi connectivity index (χ4v) is 1.24. The third kappa shape index (κ3) is 6.74. The molecule has 0 fully saturated rings. The van der Waals surface area contributed by atoms with Crippen molar-refractivity contribution in [1.29, 1.82) is 0 Å². The van der Waals surface area contributed by atoms with Gasteiger partial charge < -0.3 is 10.6 Å². The lowest BCUT2D eigenvalue weighted by molar-refractivity contribution is 0.691. The Balaban J connectivity index is 2.15. The molecule has 1 aliphatic rings. The summed E-state index contributed by atoms with van der Waals surface area (Å²) in [5, 5.41) is 6.64. The molecule has 1 heterocycles. The molecule has 1 aliphatic heterocycles. The second kappa shape index (κ2) is 8.84. The molecule has 0 aliphatic carbocycles. The number of rotatable bonds is 0. The maximum Gasteiger partial charge on any atom is 0.0510 e. The number of hydrogen-bond acceptors (Lipinski definition) is 4. The maximum absolute atomic E-state index is 4.30. The van der Waals surface area contributed by atoms with E-state index in [1.54, 1.807) is 0 Å². The van der Waals surface area contributed by atoms with Crippen LogP contribution in [0.1, 0.15) is 12.8 Å². The van der Waals surface area contributed by atoms with Gasteiger partial charge in [0.25, 0.3) is 0 Å². The summed E-state index contributed by atoms with van der Waals surface area (Å²) in [4.78, 5) is 8.60. The number of aliphatic imine (C=N–C) groups is 2. The molecule has 0 amide bonds. The smallest absolute Gasteiger partial charge is 0.0510 e. The van der Waals surface area contributed by atoms with E-state index in [-0.39, 0.29) is 0 Å². The normalized spacial score (nSPS) is 21.7. The highest BCUT2D eigenvalue weighted by molar-refractivity contribution is 5.57. The fourth-order valence-electron chi connectivity index (χ4n) is 1.24. The summed E-state index contributed by atoms with van der Waals surface area (Å²) in [6.45, 7) is 5.72. The third-order valence-corrected chi connectivity index (χ3v) is 1.99. The van der Waals surface area contributed by atoms with Crippen LogP contribution in [0.3, 0.4) is 0 Å². The topological polar surface area (TPSA) is 48.8 Å². The van der Waals surface area contributed by atoms with E-state index in [0.29, 0.717) is 0 Å². The molecule has 0 atom stereocenters. The van der Waals surface area contributed by atoms with E-state index in [0.717, 1.165) is 52.1 Å². The molecule has 0 unspecified atom stereocenters. The van der Waals surface area contributed by atoms with E-state index >= 15 is 0 Å². The van der Waals surface area contributed by atoms with Crippen LogP contribution >= 0.6 is 0 Å².